The second-order valence-corrected chi connectivity index (χ2v) is 14.9. The number of hydrogen-bond donors (Lipinski definition) is 0. The largest absolute Gasteiger partial charge is 0.456 e. The van der Waals surface area contributed by atoms with Crippen molar-refractivity contribution in [3.8, 4) is 44.8 Å². The molecule has 0 atom stereocenters. The van der Waals surface area contributed by atoms with Gasteiger partial charge in [-0.05, 0) is 92.7 Å². The van der Waals surface area contributed by atoms with Gasteiger partial charge in [0.25, 0.3) is 0 Å². The summed E-state index contributed by atoms with van der Waals surface area (Å²) < 4.78 is 11.5. The first-order valence-electron chi connectivity index (χ1n) is 18.9. The zero-order valence-corrected chi connectivity index (χ0v) is 29.6. The van der Waals surface area contributed by atoms with Gasteiger partial charge in [-0.2, -0.15) is 0 Å². The Morgan fingerprint density at radius 3 is 1.96 bits per heavy atom. The molecule has 0 spiro atoms. The lowest BCUT2D eigenvalue weighted by atomic mass is 10.0. The molecule has 0 saturated heterocycles. The predicted molar refractivity (Wildman–Crippen MR) is 230 cm³/mol. The summed E-state index contributed by atoms with van der Waals surface area (Å²) in [6.07, 6.45) is 0. The Hall–Kier alpha value is -7.36. The number of furan rings is 1. The van der Waals surface area contributed by atoms with E-state index in [1.807, 2.05) is 6.07 Å². The molecule has 0 aliphatic heterocycles. The molecule has 3 heteroatoms. The van der Waals surface area contributed by atoms with Crippen molar-refractivity contribution in [1.82, 2.24) is 9.13 Å². The van der Waals surface area contributed by atoms with Gasteiger partial charge in [0.1, 0.15) is 11.2 Å². The summed E-state index contributed by atoms with van der Waals surface area (Å²) in [5.74, 6) is 0. The number of rotatable bonds is 3. The topological polar surface area (TPSA) is 23.0 Å². The number of hydrogen-bond acceptors (Lipinski definition) is 1. The summed E-state index contributed by atoms with van der Waals surface area (Å²) in [5.41, 5.74) is 16.4. The van der Waals surface area contributed by atoms with Gasteiger partial charge in [-0.3, -0.25) is 0 Å². The highest BCUT2D eigenvalue weighted by atomic mass is 16.3. The van der Waals surface area contributed by atoms with Crippen molar-refractivity contribution in [1.29, 1.82) is 0 Å². The Bertz CT molecular complexity index is 3590. The molecule has 0 N–H and O–H groups in total. The third-order valence-electron chi connectivity index (χ3n) is 12.0. The summed E-state index contributed by atoms with van der Waals surface area (Å²) in [4.78, 5) is 0. The van der Waals surface area contributed by atoms with E-state index in [-0.39, 0.29) is 0 Å². The second kappa shape index (κ2) is 10.6. The molecule has 3 heterocycles. The standard InChI is InChI=1S/C52H30N2O/c1-2-11-31(12-3-1)33-15-8-16-34(27-33)54-47-30-49-44(37-17-5-7-22-48(37)55-49)29-43(47)40-25-26-46-51(52(40)54)41-18-4-6-21-45(41)53(46)35-23-24-36-38-19-9-13-32-14-10-20-39(50(32)38)42(36)28-35/h1-30H. The molecule has 3 aromatic heterocycles. The minimum atomic E-state index is 0.893. The Balaban J connectivity index is 1.15. The highest BCUT2D eigenvalue weighted by molar-refractivity contribution is 6.28. The molecule has 0 amide bonds. The van der Waals surface area contributed by atoms with Crippen molar-refractivity contribution in [3.05, 3.63) is 182 Å². The van der Waals surface area contributed by atoms with E-state index in [9.17, 15) is 0 Å². The van der Waals surface area contributed by atoms with Crippen LogP contribution in [0.3, 0.4) is 0 Å². The van der Waals surface area contributed by atoms with Crippen LogP contribution in [0.15, 0.2) is 186 Å². The van der Waals surface area contributed by atoms with Crippen molar-refractivity contribution in [3.63, 3.8) is 0 Å². The molecule has 254 valence electrons. The fraction of sp³-hybridized carbons (Fsp3) is 0. The fourth-order valence-electron chi connectivity index (χ4n) is 9.69. The number of para-hydroxylation sites is 2. The lowest BCUT2D eigenvalue weighted by molar-refractivity contribution is 0.669. The highest BCUT2D eigenvalue weighted by Crippen LogP contribution is 2.49. The fourth-order valence-corrected chi connectivity index (χ4v) is 9.69. The second-order valence-electron chi connectivity index (χ2n) is 14.9. The molecule has 3 nitrogen and oxygen atoms in total. The minimum absolute atomic E-state index is 0.893. The van der Waals surface area contributed by atoms with Crippen molar-refractivity contribution >= 4 is 76.3 Å². The van der Waals surface area contributed by atoms with Gasteiger partial charge in [-0.15, -0.1) is 0 Å². The van der Waals surface area contributed by atoms with Gasteiger partial charge in [-0.1, -0.05) is 127 Å². The number of fused-ring (bicyclic) bond motifs is 13. The van der Waals surface area contributed by atoms with Crippen LogP contribution in [-0.4, -0.2) is 9.13 Å². The van der Waals surface area contributed by atoms with Gasteiger partial charge >= 0.3 is 0 Å². The molecular weight excluding hydrogens is 669 g/mol. The summed E-state index contributed by atoms with van der Waals surface area (Å²) in [6.45, 7) is 0. The van der Waals surface area contributed by atoms with Crippen LogP contribution in [0.25, 0.3) is 121 Å². The van der Waals surface area contributed by atoms with Crippen LogP contribution in [0.1, 0.15) is 0 Å². The van der Waals surface area contributed by atoms with E-state index in [1.54, 1.807) is 0 Å². The Morgan fingerprint density at radius 1 is 0.327 bits per heavy atom. The predicted octanol–water partition coefficient (Wildman–Crippen LogP) is 14.2. The Morgan fingerprint density at radius 2 is 1.07 bits per heavy atom. The highest BCUT2D eigenvalue weighted by Gasteiger charge is 2.25. The smallest absolute Gasteiger partial charge is 0.137 e. The maximum Gasteiger partial charge on any atom is 0.137 e. The molecule has 13 rings (SSSR count). The van der Waals surface area contributed by atoms with Crippen LogP contribution in [0.2, 0.25) is 0 Å². The summed E-state index contributed by atoms with van der Waals surface area (Å²) in [6, 6.07) is 66.5. The molecule has 9 aromatic carbocycles. The molecule has 0 saturated carbocycles. The van der Waals surface area contributed by atoms with Gasteiger partial charge < -0.3 is 13.6 Å². The number of benzene rings is 9. The van der Waals surface area contributed by atoms with Crippen LogP contribution < -0.4 is 0 Å². The van der Waals surface area contributed by atoms with E-state index < -0.39 is 0 Å². The van der Waals surface area contributed by atoms with Crippen LogP contribution in [-0.2, 0) is 0 Å². The van der Waals surface area contributed by atoms with Crippen LogP contribution in [0, 0.1) is 0 Å². The third kappa shape index (κ3) is 3.89. The van der Waals surface area contributed by atoms with Gasteiger partial charge in [0.05, 0.1) is 22.1 Å². The molecule has 0 unspecified atom stereocenters. The summed E-state index contributed by atoms with van der Waals surface area (Å²) in [5, 5.41) is 9.81. The van der Waals surface area contributed by atoms with Crippen molar-refractivity contribution in [2.45, 2.75) is 0 Å². The van der Waals surface area contributed by atoms with Crippen LogP contribution in [0.4, 0.5) is 0 Å². The maximum atomic E-state index is 6.52. The van der Waals surface area contributed by atoms with E-state index >= 15 is 0 Å². The van der Waals surface area contributed by atoms with Gasteiger partial charge in [0.2, 0.25) is 0 Å². The minimum Gasteiger partial charge on any atom is -0.456 e. The van der Waals surface area contributed by atoms with E-state index in [1.165, 1.54) is 82.2 Å². The monoisotopic (exact) mass is 698 g/mol. The molecular formula is C52H30N2O. The average molecular weight is 699 g/mol. The molecule has 0 radical (unpaired) electrons. The van der Waals surface area contributed by atoms with E-state index in [4.69, 9.17) is 4.42 Å². The van der Waals surface area contributed by atoms with Crippen LogP contribution >= 0.6 is 0 Å². The zero-order chi connectivity index (χ0) is 35.8. The van der Waals surface area contributed by atoms with Gasteiger partial charge in [0.15, 0.2) is 0 Å². The maximum absolute atomic E-state index is 6.52. The van der Waals surface area contributed by atoms with E-state index in [2.05, 4.69) is 185 Å². The first-order chi connectivity index (χ1) is 27.3. The lowest BCUT2D eigenvalue weighted by Crippen LogP contribution is -1.96. The quantitative estimate of drug-likeness (QED) is 0.180. The number of aromatic nitrogens is 2. The van der Waals surface area contributed by atoms with E-state index in [0.29, 0.717) is 0 Å². The summed E-state index contributed by atoms with van der Waals surface area (Å²) in [7, 11) is 0. The van der Waals surface area contributed by atoms with Crippen molar-refractivity contribution in [2.24, 2.45) is 0 Å². The molecule has 55 heavy (non-hydrogen) atoms. The van der Waals surface area contributed by atoms with Crippen molar-refractivity contribution in [2.75, 3.05) is 0 Å². The van der Waals surface area contributed by atoms with Gasteiger partial charge in [-0.25, -0.2) is 0 Å². The normalized spacial score (nSPS) is 12.4. The Kier molecular flexibility index (Phi) is 5.63. The SMILES string of the molecule is c1ccc(-c2cccc(-n3c4cc5oc6ccccc6c5cc4c4ccc5c(c6ccccc6n5-c5ccc6c(c5)-c5cccc7cccc-6c57)c43)c2)cc1. The first kappa shape index (κ1) is 29.1. The molecule has 0 bridgehead atoms. The lowest BCUT2D eigenvalue weighted by Gasteiger charge is -2.12. The molecule has 1 aliphatic rings. The summed E-state index contributed by atoms with van der Waals surface area (Å²) >= 11 is 0. The molecule has 12 aromatic rings. The van der Waals surface area contributed by atoms with Crippen molar-refractivity contribution < 1.29 is 4.42 Å². The molecule has 0 fully saturated rings. The average Bonchev–Trinajstić information content (AvgIpc) is 3.97. The first-order valence-corrected chi connectivity index (χ1v) is 18.9. The zero-order valence-electron chi connectivity index (χ0n) is 29.6. The number of nitrogens with zero attached hydrogens (tertiary/aromatic N) is 2. The van der Waals surface area contributed by atoms with Crippen LogP contribution in [0.5, 0.6) is 0 Å². The van der Waals surface area contributed by atoms with E-state index in [0.717, 1.165) is 38.8 Å². The third-order valence-corrected chi connectivity index (χ3v) is 12.0. The Labute approximate surface area is 315 Å². The van der Waals surface area contributed by atoms with Gasteiger partial charge in [0, 0.05) is 49.8 Å². The molecule has 1 aliphatic carbocycles.